The highest BCUT2D eigenvalue weighted by Gasteiger charge is 2.47. The van der Waals surface area contributed by atoms with Gasteiger partial charge < -0.3 is 35.6 Å². The van der Waals surface area contributed by atoms with E-state index in [9.17, 15) is 15.0 Å². The van der Waals surface area contributed by atoms with Gasteiger partial charge in [0.05, 0.1) is 0 Å². The Morgan fingerprint density at radius 1 is 1.61 bits per heavy atom. The van der Waals surface area contributed by atoms with Gasteiger partial charge in [0.2, 0.25) is 12.3 Å². The SMILES string of the molecule is COC1C(O)[C@@H](CN)O[C@H]1N1C=CC(=O)NC1O. The summed E-state index contributed by atoms with van der Waals surface area (Å²) >= 11 is 0. The predicted octanol–water partition coefficient (Wildman–Crippen LogP) is -2.73. The fourth-order valence-electron chi connectivity index (χ4n) is 2.12. The van der Waals surface area contributed by atoms with Gasteiger partial charge in [-0.15, -0.1) is 0 Å². The van der Waals surface area contributed by atoms with E-state index in [0.29, 0.717) is 0 Å². The second-order valence-corrected chi connectivity index (χ2v) is 4.14. The lowest BCUT2D eigenvalue weighted by molar-refractivity contribution is -0.153. The molecule has 1 amide bonds. The molecule has 1 fully saturated rings. The van der Waals surface area contributed by atoms with Crippen LogP contribution < -0.4 is 11.1 Å². The molecule has 1 saturated heterocycles. The lowest BCUT2D eigenvalue weighted by Gasteiger charge is -2.36. The number of carbonyl (C=O) groups excluding carboxylic acids is 1. The zero-order valence-corrected chi connectivity index (χ0v) is 9.89. The number of nitrogens with two attached hydrogens (primary N) is 1. The summed E-state index contributed by atoms with van der Waals surface area (Å²) in [7, 11) is 1.43. The first-order valence-electron chi connectivity index (χ1n) is 5.59. The molecule has 8 nitrogen and oxygen atoms in total. The van der Waals surface area contributed by atoms with Crippen molar-refractivity contribution < 1.29 is 24.5 Å². The number of nitrogens with one attached hydrogen (secondary N) is 1. The van der Waals surface area contributed by atoms with Crippen molar-refractivity contribution in [3.63, 3.8) is 0 Å². The summed E-state index contributed by atoms with van der Waals surface area (Å²) in [5.41, 5.74) is 5.48. The first-order chi connectivity index (χ1) is 8.58. The van der Waals surface area contributed by atoms with Crippen molar-refractivity contribution in [1.82, 2.24) is 10.2 Å². The summed E-state index contributed by atoms with van der Waals surface area (Å²) in [5, 5.41) is 22.0. The highest BCUT2D eigenvalue weighted by molar-refractivity contribution is 5.88. The summed E-state index contributed by atoms with van der Waals surface area (Å²) in [6, 6.07) is 0. The fourth-order valence-corrected chi connectivity index (χ4v) is 2.12. The fraction of sp³-hybridized carbons (Fsp3) is 0.700. The topological polar surface area (TPSA) is 117 Å². The Morgan fingerprint density at radius 3 is 2.89 bits per heavy atom. The van der Waals surface area contributed by atoms with E-state index in [4.69, 9.17) is 15.2 Å². The number of hydrogen-bond acceptors (Lipinski definition) is 7. The molecule has 5 N–H and O–H groups in total. The summed E-state index contributed by atoms with van der Waals surface area (Å²) in [5.74, 6) is -0.401. The Balaban J connectivity index is 2.17. The second kappa shape index (κ2) is 5.21. The van der Waals surface area contributed by atoms with Crippen LogP contribution in [0.25, 0.3) is 0 Å². The number of rotatable bonds is 3. The quantitative estimate of drug-likeness (QED) is 0.434. The number of carbonyl (C=O) groups is 1. The molecule has 3 unspecified atom stereocenters. The van der Waals surface area contributed by atoms with E-state index < -0.39 is 36.8 Å². The van der Waals surface area contributed by atoms with Gasteiger partial charge in [0, 0.05) is 25.9 Å². The van der Waals surface area contributed by atoms with Crippen LogP contribution in [0.5, 0.6) is 0 Å². The summed E-state index contributed by atoms with van der Waals surface area (Å²) in [6.45, 7) is 0.136. The minimum atomic E-state index is -1.23. The molecule has 0 aromatic rings. The molecule has 0 aliphatic carbocycles. The molecule has 0 aromatic heterocycles. The molecule has 2 heterocycles. The molecule has 0 aromatic carbocycles. The van der Waals surface area contributed by atoms with Gasteiger partial charge in [-0.25, -0.2) is 0 Å². The van der Waals surface area contributed by atoms with Crippen LogP contribution in [-0.2, 0) is 14.3 Å². The number of ether oxygens (including phenoxy) is 2. The average molecular weight is 259 g/mol. The smallest absolute Gasteiger partial charge is 0.248 e. The van der Waals surface area contributed by atoms with E-state index >= 15 is 0 Å². The van der Waals surface area contributed by atoms with Crippen LogP contribution in [0.4, 0.5) is 0 Å². The van der Waals surface area contributed by atoms with Crippen LogP contribution in [0.3, 0.4) is 0 Å². The lowest BCUT2D eigenvalue weighted by Crippen LogP contribution is -2.55. The summed E-state index contributed by atoms with van der Waals surface area (Å²) in [4.78, 5) is 12.4. The van der Waals surface area contributed by atoms with E-state index in [0.717, 1.165) is 0 Å². The predicted molar refractivity (Wildman–Crippen MR) is 59.6 cm³/mol. The van der Waals surface area contributed by atoms with Crippen LogP contribution in [0.1, 0.15) is 0 Å². The third kappa shape index (κ3) is 2.20. The van der Waals surface area contributed by atoms with Crippen LogP contribution in [-0.4, -0.2) is 65.6 Å². The van der Waals surface area contributed by atoms with Gasteiger partial charge in [-0.1, -0.05) is 0 Å². The van der Waals surface area contributed by atoms with Crippen molar-refractivity contribution in [2.45, 2.75) is 30.9 Å². The van der Waals surface area contributed by atoms with E-state index in [1.54, 1.807) is 0 Å². The third-order valence-corrected chi connectivity index (χ3v) is 3.06. The molecule has 0 saturated carbocycles. The largest absolute Gasteiger partial charge is 0.387 e. The van der Waals surface area contributed by atoms with Crippen molar-refractivity contribution >= 4 is 5.91 Å². The number of aliphatic hydroxyl groups is 2. The highest BCUT2D eigenvalue weighted by Crippen LogP contribution is 2.27. The maximum Gasteiger partial charge on any atom is 0.248 e. The summed E-state index contributed by atoms with van der Waals surface area (Å²) in [6.07, 6.45) is -1.41. The first-order valence-corrected chi connectivity index (χ1v) is 5.59. The molecule has 0 radical (unpaired) electrons. The van der Waals surface area contributed by atoms with Gasteiger partial charge in [-0.2, -0.15) is 0 Å². The van der Waals surface area contributed by atoms with Gasteiger partial charge in [0.25, 0.3) is 0 Å². The number of nitrogens with zero attached hydrogens (tertiary/aromatic N) is 1. The molecule has 5 atom stereocenters. The van der Waals surface area contributed by atoms with Crippen LogP contribution >= 0.6 is 0 Å². The highest BCUT2D eigenvalue weighted by atomic mass is 16.6. The Kier molecular flexibility index (Phi) is 3.83. The van der Waals surface area contributed by atoms with Gasteiger partial charge in [0.15, 0.2) is 6.23 Å². The number of amides is 1. The van der Waals surface area contributed by atoms with Gasteiger partial charge in [-0.05, 0) is 0 Å². The van der Waals surface area contributed by atoms with Crippen LogP contribution in [0, 0.1) is 0 Å². The lowest BCUT2D eigenvalue weighted by atomic mass is 10.1. The zero-order chi connectivity index (χ0) is 13.3. The molecule has 2 rings (SSSR count). The number of aliphatic hydroxyl groups excluding tert-OH is 2. The molecule has 0 bridgehead atoms. The molecule has 2 aliphatic heterocycles. The number of hydrogen-bond donors (Lipinski definition) is 4. The van der Waals surface area contributed by atoms with Crippen LogP contribution in [0.2, 0.25) is 0 Å². The Hall–Kier alpha value is -1.19. The second-order valence-electron chi connectivity index (χ2n) is 4.14. The Labute approximate surface area is 104 Å². The zero-order valence-electron chi connectivity index (χ0n) is 9.89. The maximum atomic E-state index is 11.0. The molecule has 18 heavy (non-hydrogen) atoms. The average Bonchev–Trinajstić information content (AvgIpc) is 2.65. The Morgan fingerprint density at radius 2 is 2.33 bits per heavy atom. The molecule has 8 heteroatoms. The van der Waals surface area contributed by atoms with Crippen molar-refractivity contribution in [3.8, 4) is 0 Å². The van der Waals surface area contributed by atoms with Gasteiger partial charge in [-0.3, -0.25) is 4.79 Å². The van der Waals surface area contributed by atoms with Crippen molar-refractivity contribution in [3.05, 3.63) is 12.3 Å². The van der Waals surface area contributed by atoms with E-state index in [-0.39, 0.29) is 6.54 Å². The standard InChI is InChI=1S/C10H17N3O5/c1-17-8-7(15)5(4-11)18-9(8)13-3-2-6(14)12-10(13)16/h2-3,5,7-10,15-16H,4,11H2,1H3,(H,12,14)/t5-,7?,8?,9-,10?/m1/s1. The molecular weight excluding hydrogens is 242 g/mol. The van der Waals surface area contributed by atoms with Gasteiger partial charge >= 0.3 is 0 Å². The van der Waals surface area contributed by atoms with Crippen molar-refractivity contribution in [2.75, 3.05) is 13.7 Å². The molecule has 0 spiro atoms. The molecule has 102 valence electrons. The van der Waals surface area contributed by atoms with Crippen molar-refractivity contribution in [1.29, 1.82) is 0 Å². The molecule has 2 aliphatic rings. The Bertz CT molecular complexity index is 350. The molecular formula is C10H17N3O5. The van der Waals surface area contributed by atoms with E-state index in [1.807, 2.05) is 0 Å². The maximum absolute atomic E-state index is 11.0. The normalized spacial score (nSPS) is 40.1. The van der Waals surface area contributed by atoms with Crippen molar-refractivity contribution in [2.24, 2.45) is 5.73 Å². The van der Waals surface area contributed by atoms with Crippen LogP contribution in [0.15, 0.2) is 12.3 Å². The van der Waals surface area contributed by atoms with E-state index in [2.05, 4.69) is 5.32 Å². The van der Waals surface area contributed by atoms with E-state index in [1.165, 1.54) is 24.3 Å². The first kappa shape index (κ1) is 13.2. The van der Waals surface area contributed by atoms with Gasteiger partial charge in [0.1, 0.15) is 18.3 Å². The number of methoxy groups -OCH3 is 1. The minimum Gasteiger partial charge on any atom is -0.387 e. The monoisotopic (exact) mass is 259 g/mol. The minimum absolute atomic E-state index is 0.136. The summed E-state index contributed by atoms with van der Waals surface area (Å²) < 4.78 is 10.7. The third-order valence-electron chi connectivity index (χ3n) is 3.06.